The van der Waals surface area contributed by atoms with Crippen LogP contribution < -0.4 is 5.32 Å². The Morgan fingerprint density at radius 2 is 1.91 bits per heavy atom. The smallest absolute Gasteiger partial charge is 0.251 e. The van der Waals surface area contributed by atoms with Gasteiger partial charge in [-0.1, -0.05) is 23.7 Å². The van der Waals surface area contributed by atoms with E-state index in [1.54, 1.807) is 18.2 Å². The highest BCUT2D eigenvalue weighted by Gasteiger charge is 2.38. The van der Waals surface area contributed by atoms with Crippen molar-refractivity contribution in [2.24, 2.45) is 0 Å². The molecule has 0 bridgehead atoms. The topological polar surface area (TPSA) is 94.7 Å². The molecule has 0 radical (unpaired) electrons. The van der Waals surface area contributed by atoms with Crippen molar-refractivity contribution in [2.75, 3.05) is 11.6 Å². The second kappa shape index (κ2) is 6.52. The van der Waals surface area contributed by atoms with Crippen molar-refractivity contribution in [2.45, 2.75) is 33.2 Å². The maximum absolute atomic E-state index is 15.7. The molecule has 0 fully saturated rings. The van der Waals surface area contributed by atoms with Crippen molar-refractivity contribution >= 4 is 38.2 Å². The third kappa shape index (κ3) is 2.72. The molecule has 1 aliphatic rings. The fraction of sp³-hybridized carbons (Fsp3) is 0.286. The molecule has 32 heavy (non-hydrogen) atoms. The lowest BCUT2D eigenvalue weighted by Crippen LogP contribution is -2.37. The minimum atomic E-state index is -3.61. The summed E-state index contributed by atoms with van der Waals surface area (Å²) in [7, 11) is -3.61. The molecule has 1 aliphatic heterocycles. The van der Waals surface area contributed by atoms with Gasteiger partial charge in [0, 0.05) is 10.9 Å². The molecular weight excluding hydrogens is 455 g/mol. The fourth-order valence-electron chi connectivity index (χ4n) is 4.42. The normalized spacial score (nSPS) is 14.8. The number of hydrogen-bond donors (Lipinski definition) is 1. The second-order valence-electron chi connectivity index (χ2n) is 8.50. The predicted molar refractivity (Wildman–Crippen MR) is 121 cm³/mol. The van der Waals surface area contributed by atoms with Gasteiger partial charge in [-0.25, -0.2) is 12.8 Å². The summed E-state index contributed by atoms with van der Waals surface area (Å²) in [5.74, 6) is 0.678. The van der Waals surface area contributed by atoms with Crippen LogP contribution in [0, 0.1) is 19.7 Å². The highest BCUT2D eigenvalue weighted by molar-refractivity contribution is 7.89. The van der Waals surface area contributed by atoms with Gasteiger partial charge in [-0.3, -0.25) is 4.57 Å². The van der Waals surface area contributed by atoms with Gasteiger partial charge in [0.2, 0.25) is 0 Å². The van der Waals surface area contributed by atoms with Crippen LogP contribution in [0.2, 0.25) is 5.02 Å². The van der Waals surface area contributed by atoms with Gasteiger partial charge in [0.15, 0.2) is 11.6 Å². The SMILES string of the molecule is Cc1c(-c2cccc3c2cnn3S(C)(=O)=O)c(Cl)c(F)c2c1-n1c(C)nnc1C(C)(C)N2. The van der Waals surface area contributed by atoms with E-state index in [1.807, 2.05) is 32.3 Å². The summed E-state index contributed by atoms with van der Waals surface area (Å²) < 4.78 is 42.8. The highest BCUT2D eigenvalue weighted by atomic mass is 35.5. The minimum Gasteiger partial charge on any atom is -0.369 e. The predicted octanol–water partition coefficient (Wildman–Crippen LogP) is 4.16. The maximum Gasteiger partial charge on any atom is 0.251 e. The Morgan fingerprint density at radius 1 is 1.19 bits per heavy atom. The van der Waals surface area contributed by atoms with Crippen LogP contribution in [0.15, 0.2) is 24.4 Å². The summed E-state index contributed by atoms with van der Waals surface area (Å²) in [6, 6.07) is 5.12. The summed E-state index contributed by atoms with van der Waals surface area (Å²) in [4.78, 5) is 0. The van der Waals surface area contributed by atoms with Crippen molar-refractivity contribution in [3.8, 4) is 16.8 Å². The Balaban J connectivity index is 1.89. The number of hydrogen-bond acceptors (Lipinski definition) is 6. The van der Waals surface area contributed by atoms with Gasteiger partial charge in [-0.2, -0.15) is 9.19 Å². The molecule has 0 amide bonds. The van der Waals surface area contributed by atoms with Crippen molar-refractivity contribution in [3.63, 3.8) is 0 Å². The number of aryl methyl sites for hydroxylation is 1. The van der Waals surface area contributed by atoms with E-state index in [0.29, 0.717) is 44.9 Å². The molecule has 0 aliphatic carbocycles. The molecule has 11 heteroatoms. The first-order valence-corrected chi connectivity index (χ1v) is 12.1. The molecule has 0 saturated heterocycles. The Morgan fingerprint density at radius 3 is 2.59 bits per heavy atom. The van der Waals surface area contributed by atoms with E-state index in [9.17, 15) is 8.42 Å². The number of benzene rings is 2. The Labute approximate surface area is 189 Å². The standard InChI is InChI=1S/C21H20ClFN6O2S/c1-10-15(12-7-6-8-14-13(12)9-24-29(14)32(5,30)31)16(22)17(23)18-19(10)28-11(2)26-27-20(28)21(3,4)25-18/h6-9,25H,1-5H3. The Kier molecular flexibility index (Phi) is 4.26. The van der Waals surface area contributed by atoms with Crippen molar-refractivity contribution in [3.05, 3.63) is 52.4 Å². The van der Waals surface area contributed by atoms with E-state index >= 15 is 4.39 Å². The monoisotopic (exact) mass is 474 g/mol. The average Bonchev–Trinajstić information content (AvgIpc) is 3.31. The van der Waals surface area contributed by atoms with Crippen molar-refractivity contribution in [1.82, 2.24) is 24.0 Å². The number of nitrogens with zero attached hydrogens (tertiary/aromatic N) is 5. The van der Waals surface area contributed by atoms with Gasteiger partial charge in [-0.05, 0) is 44.9 Å². The van der Waals surface area contributed by atoms with E-state index in [2.05, 4.69) is 20.6 Å². The number of anilines is 1. The van der Waals surface area contributed by atoms with Gasteiger partial charge in [0.25, 0.3) is 10.0 Å². The summed E-state index contributed by atoms with van der Waals surface area (Å²) >= 11 is 6.60. The van der Waals surface area contributed by atoms with Gasteiger partial charge < -0.3 is 5.32 Å². The largest absolute Gasteiger partial charge is 0.369 e. The summed E-state index contributed by atoms with van der Waals surface area (Å²) in [6.07, 6.45) is 2.53. The molecule has 4 aromatic rings. The first kappa shape index (κ1) is 20.9. The zero-order chi connectivity index (χ0) is 23.2. The highest BCUT2D eigenvalue weighted by Crippen LogP contribution is 2.48. The number of aromatic nitrogens is 5. The lowest BCUT2D eigenvalue weighted by Gasteiger charge is -2.35. The van der Waals surface area contributed by atoms with Gasteiger partial charge in [0.05, 0.1) is 39.9 Å². The first-order chi connectivity index (χ1) is 14.9. The van der Waals surface area contributed by atoms with Crippen LogP contribution >= 0.6 is 11.6 Å². The summed E-state index contributed by atoms with van der Waals surface area (Å²) in [6.45, 7) is 7.45. The third-order valence-electron chi connectivity index (χ3n) is 5.81. The van der Waals surface area contributed by atoms with Gasteiger partial charge in [-0.15, -0.1) is 10.2 Å². The molecule has 2 aromatic heterocycles. The van der Waals surface area contributed by atoms with E-state index in [1.165, 1.54) is 6.20 Å². The summed E-state index contributed by atoms with van der Waals surface area (Å²) in [5, 5.41) is 16.3. The number of fused-ring (bicyclic) bond motifs is 4. The van der Waals surface area contributed by atoms with E-state index < -0.39 is 21.4 Å². The molecule has 166 valence electrons. The van der Waals surface area contributed by atoms with Crippen LogP contribution in [0.1, 0.15) is 31.1 Å². The zero-order valence-electron chi connectivity index (χ0n) is 18.0. The van der Waals surface area contributed by atoms with Crippen molar-refractivity contribution < 1.29 is 12.8 Å². The fourth-order valence-corrected chi connectivity index (χ4v) is 5.49. The second-order valence-corrected chi connectivity index (χ2v) is 10.7. The molecule has 8 nitrogen and oxygen atoms in total. The van der Waals surface area contributed by atoms with Gasteiger partial charge in [0.1, 0.15) is 5.82 Å². The van der Waals surface area contributed by atoms with E-state index in [0.717, 1.165) is 10.3 Å². The molecule has 0 saturated carbocycles. The molecule has 0 spiro atoms. The average molecular weight is 475 g/mol. The van der Waals surface area contributed by atoms with E-state index in [4.69, 9.17) is 11.6 Å². The molecule has 2 aromatic carbocycles. The van der Waals surface area contributed by atoms with Crippen LogP contribution in [0.5, 0.6) is 0 Å². The van der Waals surface area contributed by atoms with Crippen molar-refractivity contribution in [1.29, 1.82) is 0 Å². The molecular formula is C21H20ClFN6O2S. The molecule has 0 atom stereocenters. The lowest BCUT2D eigenvalue weighted by molar-refractivity contribution is 0.522. The Bertz CT molecular complexity index is 1550. The van der Waals surface area contributed by atoms with Crippen LogP contribution in [-0.4, -0.2) is 38.6 Å². The zero-order valence-corrected chi connectivity index (χ0v) is 19.6. The number of nitrogens with one attached hydrogen (secondary N) is 1. The number of halogens is 2. The summed E-state index contributed by atoms with van der Waals surface area (Å²) in [5.41, 5.74) is 2.32. The first-order valence-electron chi connectivity index (χ1n) is 9.83. The molecule has 1 N–H and O–H groups in total. The van der Waals surface area contributed by atoms with E-state index in [-0.39, 0.29) is 10.7 Å². The third-order valence-corrected chi connectivity index (χ3v) is 7.08. The number of rotatable bonds is 2. The molecule has 5 rings (SSSR count). The van der Waals surface area contributed by atoms with Gasteiger partial charge >= 0.3 is 0 Å². The quantitative estimate of drug-likeness (QED) is 0.468. The van der Waals surface area contributed by atoms with Crippen LogP contribution in [-0.2, 0) is 15.6 Å². The molecule has 0 unspecified atom stereocenters. The van der Waals surface area contributed by atoms with Crippen LogP contribution in [0.4, 0.5) is 10.1 Å². The van der Waals surface area contributed by atoms with Crippen LogP contribution in [0.25, 0.3) is 27.7 Å². The minimum absolute atomic E-state index is 0.0571. The van der Waals surface area contributed by atoms with Crippen LogP contribution in [0.3, 0.4) is 0 Å². The molecule has 3 heterocycles. The Hall–Kier alpha value is -2.98. The maximum atomic E-state index is 15.7. The lowest BCUT2D eigenvalue weighted by atomic mass is 9.92.